The van der Waals surface area contributed by atoms with Crippen LogP contribution in [0.5, 0.6) is 0 Å². The molecule has 0 aromatic heterocycles. The SMILES string of the molecule is FC(F)(F)C(F)(F)C(F)(F)F.FC(F)=C(F)C(F)(F)F.FC1(F)OC(F)(F)C(F)(F)O1. The summed E-state index contributed by atoms with van der Waals surface area (Å²) in [6.07, 6.45) is -37.6. The molecule has 31 heavy (non-hydrogen) atoms. The highest BCUT2D eigenvalue weighted by molar-refractivity contribution is 4.98. The number of allylic oxidation sites excluding steroid dienone is 1. The summed E-state index contributed by atoms with van der Waals surface area (Å²) in [4.78, 5) is 0. The van der Waals surface area contributed by atoms with E-state index in [0.717, 1.165) is 0 Å². The second kappa shape index (κ2) is 9.02. The molecule has 0 N–H and O–H groups in total. The molecule has 0 bridgehead atoms. The van der Waals surface area contributed by atoms with E-state index in [-0.39, 0.29) is 0 Å². The third-order valence-electron chi connectivity index (χ3n) is 1.96. The molecule has 0 saturated carbocycles. The van der Waals surface area contributed by atoms with Gasteiger partial charge in [0.1, 0.15) is 0 Å². The van der Waals surface area contributed by atoms with Gasteiger partial charge in [0, 0.05) is 0 Å². The van der Waals surface area contributed by atoms with Crippen LogP contribution < -0.4 is 0 Å². The van der Waals surface area contributed by atoms with Crippen molar-refractivity contribution in [1.29, 1.82) is 0 Å². The number of alkyl halides is 17. The highest BCUT2D eigenvalue weighted by atomic mass is 19.5. The summed E-state index contributed by atoms with van der Waals surface area (Å²) in [6.45, 7) is 0. The Morgan fingerprint density at radius 1 is 0.516 bits per heavy atom. The van der Waals surface area contributed by atoms with Gasteiger partial charge in [-0.2, -0.15) is 79.0 Å². The van der Waals surface area contributed by atoms with Crippen LogP contribution >= 0.6 is 0 Å². The summed E-state index contributed by atoms with van der Waals surface area (Å²) < 4.78 is 227. The molecule has 0 aromatic rings. The molecule has 1 heterocycles. The molecule has 0 atom stereocenters. The summed E-state index contributed by atoms with van der Waals surface area (Å²) in [6, 6.07) is 0. The molecule has 0 radical (unpaired) electrons. The number of ether oxygens (including phenoxy) is 2. The molecule has 0 aliphatic carbocycles. The Labute approximate surface area is 154 Å². The molecule has 188 valence electrons. The number of rotatable bonds is 0. The minimum absolute atomic E-state index is 2.31. The largest absolute Gasteiger partial charge is 0.495 e. The number of halogens is 20. The Morgan fingerprint density at radius 2 is 0.774 bits per heavy atom. The smallest absolute Gasteiger partial charge is 0.222 e. The highest BCUT2D eigenvalue weighted by Crippen LogP contribution is 2.49. The van der Waals surface area contributed by atoms with Gasteiger partial charge in [-0.25, -0.2) is 9.47 Å². The lowest BCUT2D eigenvalue weighted by Crippen LogP contribution is -2.49. The Morgan fingerprint density at radius 3 is 0.806 bits per heavy atom. The lowest BCUT2D eigenvalue weighted by atomic mass is 10.3. The van der Waals surface area contributed by atoms with Crippen molar-refractivity contribution in [3.05, 3.63) is 11.9 Å². The van der Waals surface area contributed by atoms with Gasteiger partial charge in [-0.3, -0.25) is 0 Å². The van der Waals surface area contributed by atoms with Crippen LogP contribution in [-0.4, -0.2) is 43.0 Å². The summed E-state index contributed by atoms with van der Waals surface area (Å²) in [5.41, 5.74) is 0. The molecule has 2 nitrogen and oxygen atoms in total. The van der Waals surface area contributed by atoms with Gasteiger partial charge in [0.15, 0.2) is 0 Å². The van der Waals surface area contributed by atoms with E-state index in [0.29, 0.717) is 0 Å². The zero-order valence-corrected chi connectivity index (χ0v) is 12.9. The maximum absolute atomic E-state index is 11.6. The molecule has 1 rings (SSSR count). The second-order valence-corrected chi connectivity index (χ2v) is 4.34. The van der Waals surface area contributed by atoms with Crippen LogP contribution in [0, 0.1) is 0 Å². The van der Waals surface area contributed by atoms with Crippen molar-refractivity contribution in [2.45, 2.75) is 43.0 Å². The fourth-order valence-electron chi connectivity index (χ4n) is 0.706. The zero-order valence-electron chi connectivity index (χ0n) is 12.9. The van der Waals surface area contributed by atoms with E-state index >= 15 is 0 Å². The van der Waals surface area contributed by atoms with Gasteiger partial charge in [-0.1, -0.05) is 0 Å². The summed E-state index contributed by atoms with van der Waals surface area (Å²) in [5.74, 6) is -9.96. The average molecular weight is 520 g/mol. The van der Waals surface area contributed by atoms with Crippen LogP contribution in [0.2, 0.25) is 0 Å². The molecular weight excluding hydrogens is 520 g/mol. The van der Waals surface area contributed by atoms with Gasteiger partial charge in [-0.15, -0.1) is 8.78 Å². The quantitative estimate of drug-likeness (QED) is 0.317. The van der Waals surface area contributed by atoms with Gasteiger partial charge in [-0.05, 0) is 0 Å². The van der Waals surface area contributed by atoms with E-state index in [1.54, 1.807) is 0 Å². The molecule has 1 aliphatic rings. The first-order chi connectivity index (χ1) is 13.0. The van der Waals surface area contributed by atoms with Gasteiger partial charge in [0.05, 0.1) is 0 Å². The number of hydrogen-bond acceptors (Lipinski definition) is 2. The van der Waals surface area contributed by atoms with E-state index in [2.05, 4.69) is 9.47 Å². The lowest BCUT2D eigenvalue weighted by molar-refractivity contribution is -0.390. The Balaban J connectivity index is 0. The highest BCUT2D eigenvalue weighted by Gasteiger charge is 2.75. The van der Waals surface area contributed by atoms with Crippen LogP contribution in [0.3, 0.4) is 0 Å². The molecule has 0 aromatic carbocycles. The van der Waals surface area contributed by atoms with Crippen molar-refractivity contribution in [1.82, 2.24) is 0 Å². The Hall–Kier alpha value is -1.74. The fraction of sp³-hybridized carbons (Fsp3) is 0.778. The van der Waals surface area contributed by atoms with E-state index in [9.17, 15) is 87.8 Å². The van der Waals surface area contributed by atoms with Gasteiger partial charge in [0.25, 0.3) is 5.83 Å². The first-order valence-electron chi connectivity index (χ1n) is 5.85. The molecule has 0 unspecified atom stereocenters. The fourth-order valence-corrected chi connectivity index (χ4v) is 0.706. The van der Waals surface area contributed by atoms with Crippen LogP contribution in [0.15, 0.2) is 11.9 Å². The molecule has 0 amide bonds. The van der Waals surface area contributed by atoms with Crippen LogP contribution in [-0.2, 0) is 9.47 Å². The minimum atomic E-state index is -6.62. The molecule has 1 fully saturated rings. The third-order valence-corrected chi connectivity index (χ3v) is 1.96. The Bertz CT molecular complexity index is 582. The maximum Gasteiger partial charge on any atom is 0.495 e. The van der Waals surface area contributed by atoms with Crippen molar-refractivity contribution >= 4 is 0 Å². The summed E-state index contributed by atoms with van der Waals surface area (Å²) in [7, 11) is 0. The maximum atomic E-state index is 11.6. The first-order valence-corrected chi connectivity index (χ1v) is 5.85. The molecule has 1 saturated heterocycles. The predicted molar refractivity (Wildman–Crippen MR) is 50.5 cm³/mol. The van der Waals surface area contributed by atoms with E-state index < -0.39 is 54.9 Å². The van der Waals surface area contributed by atoms with E-state index in [1.807, 2.05) is 0 Å². The Kier molecular flexibility index (Phi) is 9.15. The van der Waals surface area contributed by atoms with Crippen LogP contribution in [0.4, 0.5) is 87.8 Å². The molecular formula is C9F20O2. The average Bonchev–Trinajstić information content (AvgIpc) is 2.57. The van der Waals surface area contributed by atoms with Gasteiger partial charge >= 0.3 is 49.0 Å². The number of hydrogen-bond donors (Lipinski definition) is 0. The summed E-state index contributed by atoms with van der Waals surface area (Å²) in [5, 5.41) is 0. The third kappa shape index (κ3) is 8.73. The van der Waals surface area contributed by atoms with Crippen molar-refractivity contribution in [2.24, 2.45) is 0 Å². The second-order valence-electron chi connectivity index (χ2n) is 4.34. The lowest BCUT2D eigenvalue weighted by Gasteiger charge is -2.21. The predicted octanol–water partition coefficient (Wildman–Crippen LogP) is 7.14. The normalized spacial score (nSPS) is 20.1. The molecule has 22 heteroatoms. The molecule has 0 spiro atoms. The van der Waals surface area contributed by atoms with Gasteiger partial charge in [0.2, 0.25) is 0 Å². The van der Waals surface area contributed by atoms with Crippen LogP contribution in [0.1, 0.15) is 0 Å². The minimum Gasteiger partial charge on any atom is -0.222 e. The van der Waals surface area contributed by atoms with Crippen molar-refractivity contribution < 1.29 is 97.3 Å². The van der Waals surface area contributed by atoms with E-state index in [4.69, 9.17) is 0 Å². The standard InChI is InChI=1S/C3F8.C3F6O2.C3F6/c4-1(5,2(6,7)8)3(9,10)11;4-1(5)2(6,7)11-3(8,9)10-1;4-1(2(5)6)3(7,8)9. The van der Waals surface area contributed by atoms with E-state index in [1.165, 1.54) is 0 Å². The van der Waals surface area contributed by atoms with Gasteiger partial charge < -0.3 is 0 Å². The summed E-state index contributed by atoms with van der Waals surface area (Å²) >= 11 is 0. The van der Waals surface area contributed by atoms with Crippen molar-refractivity contribution in [2.75, 3.05) is 0 Å². The topological polar surface area (TPSA) is 18.5 Å². The first kappa shape index (κ1) is 31.4. The van der Waals surface area contributed by atoms with Crippen molar-refractivity contribution in [3.8, 4) is 0 Å². The van der Waals surface area contributed by atoms with Crippen molar-refractivity contribution in [3.63, 3.8) is 0 Å². The zero-order chi connectivity index (χ0) is 26.1. The van der Waals surface area contributed by atoms with Crippen LogP contribution in [0.25, 0.3) is 0 Å². The monoisotopic (exact) mass is 520 g/mol. The molecule has 1 aliphatic heterocycles.